The van der Waals surface area contributed by atoms with Crippen molar-refractivity contribution in [1.82, 2.24) is 0 Å². The van der Waals surface area contributed by atoms with Gasteiger partial charge in [0.2, 0.25) is 6.54 Å². The Kier molecular flexibility index (Phi) is 2.81. The Morgan fingerprint density at radius 3 is 2.75 bits per heavy atom. The first-order chi connectivity index (χ1) is 5.59. The molecule has 0 heterocycles. The van der Waals surface area contributed by atoms with E-state index in [1.807, 2.05) is 19.1 Å². The van der Waals surface area contributed by atoms with Gasteiger partial charge in [-0.2, -0.15) is 0 Å². The van der Waals surface area contributed by atoms with E-state index in [2.05, 4.69) is 15.9 Å². The molecule has 0 bridgehead atoms. The average Bonchev–Trinajstić information content (AvgIpc) is 1.94. The lowest BCUT2D eigenvalue weighted by Crippen LogP contribution is -1.99. The van der Waals surface area contributed by atoms with Crippen LogP contribution in [0.4, 0.5) is 0 Å². The van der Waals surface area contributed by atoms with Crippen molar-refractivity contribution in [1.29, 1.82) is 0 Å². The molecule has 12 heavy (non-hydrogen) atoms. The van der Waals surface area contributed by atoms with E-state index in [9.17, 15) is 10.1 Å². The van der Waals surface area contributed by atoms with Crippen molar-refractivity contribution in [2.45, 2.75) is 13.5 Å². The number of nitro groups is 1. The van der Waals surface area contributed by atoms with Gasteiger partial charge in [0, 0.05) is 15.0 Å². The third-order valence-electron chi connectivity index (χ3n) is 1.60. The molecule has 0 fully saturated rings. The monoisotopic (exact) mass is 229 g/mol. The van der Waals surface area contributed by atoms with Crippen LogP contribution in [0, 0.1) is 17.0 Å². The van der Waals surface area contributed by atoms with Gasteiger partial charge in [0.1, 0.15) is 0 Å². The van der Waals surface area contributed by atoms with Gasteiger partial charge in [-0.25, -0.2) is 0 Å². The number of hydrogen-bond donors (Lipinski definition) is 0. The number of rotatable bonds is 2. The second kappa shape index (κ2) is 3.67. The van der Waals surface area contributed by atoms with Crippen LogP contribution in [0.25, 0.3) is 0 Å². The predicted octanol–water partition coefficient (Wildman–Crippen LogP) is 2.53. The molecule has 0 aliphatic carbocycles. The number of halogens is 1. The van der Waals surface area contributed by atoms with Crippen LogP contribution < -0.4 is 0 Å². The van der Waals surface area contributed by atoms with E-state index >= 15 is 0 Å². The van der Waals surface area contributed by atoms with Crippen molar-refractivity contribution < 1.29 is 4.92 Å². The molecule has 1 aromatic rings. The van der Waals surface area contributed by atoms with Crippen LogP contribution in [0.15, 0.2) is 22.7 Å². The predicted molar refractivity (Wildman–Crippen MR) is 49.6 cm³/mol. The number of hydrogen-bond acceptors (Lipinski definition) is 2. The third kappa shape index (κ3) is 2.30. The average molecular weight is 230 g/mol. The van der Waals surface area contributed by atoms with Crippen molar-refractivity contribution in [2.75, 3.05) is 0 Å². The molecule has 0 amide bonds. The Labute approximate surface area is 78.7 Å². The van der Waals surface area contributed by atoms with Crippen molar-refractivity contribution in [2.24, 2.45) is 0 Å². The molecule has 64 valence electrons. The topological polar surface area (TPSA) is 43.1 Å². The van der Waals surface area contributed by atoms with Crippen LogP contribution in [-0.4, -0.2) is 4.92 Å². The maximum atomic E-state index is 10.2. The molecule has 0 saturated carbocycles. The summed E-state index contributed by atoms with van der Waals surface area (Å²) in [6.45, 7) is 1.77. The summed E-state index contributed by atoms with van der Waals surface area (Å²) in [5.74, 6) is 0. The quantitative estimate of drug-likeness (QED) is 0.578. The molecule has 3 nitrogen and oxygen atoms in total. The first-order valence-electron chi connectivity index (χ1n) is 3.46. The zero-order chi connectivity index (χ0) is 9.14. The molecule has 0 aliphatic heterocycles. The lowest BCUT2D eigenvalue weighted by molar-refractivity contribution is -0.496. The first-order valence-corrected chi connectivity index (χ1v) is 4.25. The lowest BCUT2D eigenvalue weighted by atomic mass is 10.1. The number of benzene rings is 1. The zero-order valence-corrected chi connectivity index (χ0v) is 8.17. The van der Waals surface area contributed by atoms with Gasteiger partial charge in [-0.05, 0) is 24.6 Å². The van der Waals surface area contributed by atoms with Gasteiger partial charge < -0.3 is 0 Å². The van der Waals surface area contributed by atoms with E-state index in [1.54, 1.807) is 6.07 Å². The van der Waals surface area contributed by atoms with Crippen LogP contribution in [0.2, 0.25) is 0 Å². The highest BCUT2D eigenvalue weighted by Gasteiger charge is 2.04. The molecule has 0 aliphatic rings. The summed E-state index contributed by atoms with van der Waals surface area (Å²) in [6.07, 6.45) is 0. The Bertz CT molecular complexity index is 312. The second-order valence-corrected chi connectivity index (χ2v) is 3.48. The van der Waals surface area contributed by atoms with Crippen molar-refractivity contribution in [3.63, 3.8) is 0 Å². The summed E-state index contributed by atoms with van der Waals surface area (Å²) >= 11 is 3.29. The summed E-state index contributed by atoms with van der Waals surface area (Å²) in [5.41, 5.74) is 1.71. The Balaban J connectivity index is 2.93. The van der Waals surface area contributed by atoms with Crippen molar-refractivity contribution in [3.05, 3.63) is 43.9 Å². The van der Waals surface area contributed by atoms with Gasteiger partial charge in [-0.1, -0.05) is 22.0 Å². The number of nitrogens with zero attached hydrogens (tertiary/aromatic N) is 1. The number of aryl methyl sites for hydroxylation is 1. The highest BCUT2D eigenvalue weighted by molar-refractivity contribution is 9.10. The minimum atomic E-state index is -0.323. The third-order valence-corrected chi connectivity index (χ3v) is 2.10. The summed E-state index contributed by atoms with van der Waals surface area (Å²) in [5, 5.41) is 10.2. The summed E-state index contributed by atoms with van der Waals surface area (Å²) in [4.78, 5) is 9.88. The first kappa shape index (κ1) is 9.19. The van der Waals surface area contributed by atoms with Crippen LogP contribution >= 0.6 is 15.9 Å². The van der Waals surface area contributed by atoms with Crippen LogP contribution in [0.1, 0.15) is 11.1 Å². The molecule has 0 atom stereocenters. The van der Waals surface area contributed by atoms with Gasteiger partial charge in [0.25, 0.3) is 0 Å². The lowest BCUT2D eigenvalue weighted by Gasteiger charge is -2.00. The van der Waals surface area contributed by atoms with Crippen LogP contribution in [0.5, 0.6) is 0 Å². The standard InChI is InChI=1S/C8H8BrNO2/c1-6-4-8(9)3-2-7(6)5-10(11)12/h2-4H,5H2,1H3. The van der Waals surface area contributed by atoms with E-state index in [4.69, 9.17) is 0 Å². The van der Waals surface area contributed by atoms with Crippen molar-refractivity contribution in [3.8, 4) is 0 Å². The van der Waals surface area contributed by atoms with E-state index in [0.717, 1.165) is 15.6 Å². The van der Waals surface area contributed by atoms with Crippen LogP contribution in [-0.2, 0) is 6.54 Å². The normalized spacial score (nSPS) is 9.83. The molecule has 0 radical (unpaired) electrons. The minimum Gasteiger partial charge on any atom is -0.264 e. The molecule has 0 saturated heterocycles. The van der Waals surface area contributed by atoms with Gasteiger partial charge in [-0.3, -0.25) is 10.1 Å². The highest BCUT2D eigenvalue weighted by atomic mass is 79.9. The Hall–Kier alpha value is -0.900. The van der Waals surface area contributed by atoms with E-state index in [0.29, 0.717) is 0 Å². The Morgan fingerprint density at radius 1 is 1.58 bits per heavy atom. The maximum Gasteiger partial charge on any atom is 0.229 e. The highest BCUT2D eigenvalue weighted by Crippen LogP contribution is 2.16. The SMILES string of the molecule is Cc1cc(Br)ccc1C[N+](=O)[O-]. The zero-order valence-electron chi connectivity index (χ0n) is 6.58. The van der Waals surface area contributed by atoms with E-state index in [1.165, 1.54) is 0 Å². The molecule has 0 spiro atoms. The summed E-state index contributed by atoms with van der Waals surface area (Å²) in [6, 6.07) is 5.45. The van der Waals surface area contributed by atoms with Crippen molar-refractivity contribution >= 4 is 15.9 Å². The van der Waals surface area contributed by atoms with E-state index in [-0.39, 0.29) is 11.5 Å². The van der Waals surface area contributed by atoms with Gasteiger partial charge >= 0.3 is 0 Å². The smallest absolute Gasteiger partial charge is 0.229 e. The van der Waals surface area contributed by atoms with Gasteiger partial charge in [0.15, 0.2) is 0 Å². The fourth-order valence-corrected chi connectivity index (χ4v) is 1.45. The molecular weight excluding hydrogens is 222 g/mol. The largest absolute Gasteiger partial charge is 0.264 e. The van der Waals surface area contributed by atoms with E-state index < -0.39 is 0 Å². The molecule has 1 rings (SSSR count). The molecule has 1 aromatic carbocycles. The fourth-order valence-electron chi connectivity index (χ4n) is 0.976. The summed E-state index contributed by atoms with van der Waals surface area (Å²) in [7, 11) is 0. The molecular formula is C8H8BrNO2. The molecule has 0 aromatic heterocycles. The van der Waals surface area contributed by atoms with Crippen LogP contribution in [0.3, 0.4) is 0 Å². The fraction of sp³-hybridized carbons (Fsp3) is 0.250. The molecule has 0 unspecified atom stereocenters. The molecule has 0 N–H and O–H groups in total. The second-order valence-electron chi connectivity index (χ2n) is 2.56. The van der Waals surface area contributed by atoms with Gasteiger partial charge in [0.05, 0.1) is 0 Å². The van der Waals surface area contributed by atoms with Gasteiger partial charge in [-0.15, -0.1) is 0 Å². The summed E-state index contributed by atoms with van der Waals surface area (Å²) < 4.78 is 0.951. The molecule has 4 heteroatoms. The minimum absolute atomic E-state index is 0.0981. The maximum absolute atomic E-state index is 10.2. The Morgan fingerprint density at radius 2 is 2.25 bits per heavy atom.